The number of hydroxylamine groups is 1. The van der Waals surface area contributed by atoms with Crippen LogP contribution in [0.25, 0.3) is 0 Å². The van der Waals surface area contributed by atoms with Gasteiger partial charge in [-0.3, -0.25) is 0 Å². The number of hydrogen-bond acceptors (Lipinski definition) is 6. The van der Waals surface area contributed by atoms with Crippen molar-refractivity contribution < 1.29 is 9.82 Å². The smallest absolute Gasteiger partial charge is 0.337 e. The summed E-state index contributed by atoms with van der Waals surface area (Å²) in [6.07, 6.45) is 4.30. The van der Waals surface area contributed by atoms with Gasteiger partial charge in [0, 0.05) is 13.1 Å². The van der Waals surface area contributed by atoms with Gasteiger partial charge in [-0.05, 0) is 25.7 Å². The Bertz CT molecular complexity index is 382. The first-order chi connectivity index (χ1) is 9.83. The van der Waals surface area contributed by atoms with Crippen molar-refractivity contribution in [2.75, 3.05) is 41.9 Å². The molecule has 0 radical (unpaired) electrons. The molecular formula is C13H25N6O+. The van der Waals surface area contributed by atoms with Crippen LogP contribution in [0.3, 0.4) is 0 Å². The van der Waals surface area contributed by atoms with Crippen molar-refractivity contribution in [2.24, 2.45) is 0 Å². The lowest BCUT2D eigenvalue weighted by Crippen LogP contribution is -2.36. The van der Waals surface area contributed by atoms with Gasteiger partial charge in [-0.15, -0.1) is 0 Å². The summed E-state index contributed by atoms with van der Waals surface area (Å²) in [4.78, 5) is 17.8. The number of aromatic nitrogens is 3. The molecule has 3 N–H and O–H groups in total. The Hall–Kier alpha value is -1.63. The van der Waals surface area contributed by atoms with Crippen LogP contribution in [0.4, 0.5) is 17.8 Å². The minimum Gasteiger partial charge on any atom is -0.337 e. The Balaban J connectivity index is 2.14. The third kappa shape index (κ3) is 4.19. The maximum atomic E-state index is 5.64. The van der Waals surface area contributed by atoms with Crippen LogP contribution < -0.4 is 20.7 Å². The zero-order valence-electron chi connectivity index (χ0n) is 12.4. The second kappa shape index (κ2) is 7.84. The van der Waals surface area contributed by atoms with Gasteiger partial charge < -0.3 is 10.6 Å². The lowest BCUT2D eigenvalue weighted by molar-refractivity contribution is -0.361. The maximum Gasteiger partial charge on any atom is 0.351 e. The molecule has 2 heterocycles. The number of anilines is 3. The Morgan fingerprint density at radius 3 is 2.65 bits per heavy atom. The third-order valence-electron chi connectivity index (χ3n) is 2.97. The Labute approximate surface area is 120 Å². The van der Waals surface area contributed by atoms with Crippen LogP contribution in [0.5, 0.6) is 0 Å². The summed E-state index contributed by atoms with van der Waals surface area (Å²) < 4.78 is 0. The molecule has 1 aromatic heterocycles. The zero-order chi connectivity index (χ0) is 14.2. The number of hydrogen-bond donors (Lipinski definition) is 2. The van der Waals surface area contributed by atoms with Crippen LogP contribution in [-0.4, -0.2) is 36.2 Å². The summed E-state index contributed by atoms with van der Waals surface area (Å²) in [5.41, 5.74) is 0. The van der Waals surface area contributed by atoms with Crippen molar-refractivity contribution in [1.82, 2.24) is 9.97 Å². The van der Waals surface area contributed by atoms with Crippen molar-refractivity contribution in [3.05, 3.63) is 0 Å². The standard InChI is InChI=1S/C13H24N6O/c1-3-7-14-11-16-12(15-8-4-2)18-13(17-11)19-9-5-6-10-20-19/h3-10H2,1-2H3,(H2,14,15,16,17,18)/p+1. The molecule has 0 aliphatic carbocycles. The second-order valence-corrected chi connectivity index (χ2v) is 4.84. The van der Waals surface area contributed by atoms with Gasteiger partial charge in [-0.1, -0.05) is 23.8 Å². The highest BCUT2D eigenvalue weighted by molar-refractivity contribution is 5.36. The number of H-pyrrole nitrogens is 1. The first kappa shape index (κ1) is 14.8. The molecule has 0 bridgehead atoms. The molecule has 0 spiro atoms. The molecule has 7 heteroatoms. The van der Waals surface area contributed by atoms with E-state index in [1.807, 2.05) is 5.06 Å². The molecule has 20 heavy (non-hydrogen) atoms. The molecule has 2 rings (SSSR count). The molecule has 1 aliphatic rings. The minimum atomic E-state index is 0.633. The van der Waals surface area contributed by atoms with Crippen LogP contribution in [0.2, 0.25) is 0 Å². The van der Waals surface area contributed by atoms with E-state index < -0.39 is 0 Å². The fourth-order valence-electron chi connectivity index (χ4n) is 1.92. The molecule has 7 nitrogen and oxygen atoms in total. The molecule has 1 saturated heterocycles. The average Bonchev–Trinajstić information content (AvgIpc) is 2.51. The van der Waals surface area contributed by atoms with E-state index in [9.17, 15) is 0 Å². The Kier molecular flexibility index (Phi) is 5.79. The molecule has 0 atom stereocenters. The summed E-state index contributed by atoms with van der Waals surface area (Å²) in [6, 6.07) is 0. The van der Waals surface area contributed by atoms with Gasteiger partial charge in [0.15, 0.2) is 0 Å². The number of aromatic amines is 1. The van der Waals surface area contributed by atoms with Crippen molar-refractivity contribution in [2.45, 2.75) is 39.5 Å². The van der Waals surface area contributed by atoms with E-state index in [4.69, 9.17) is 4.84 Å². The minimum absolute atomic E-state index is 0.633. The lowest BCUT2D eigenvalue weighted by Gasteiger charge is -2.22. The molecule has 0 amide bonds. The lowest BCUT2D eigenvalue weighted by atomic mass is 10.3. The largest absolute Gasteiger partial charge is 0.351 e. The SMILES string of the molecule is CCCNc1nc(NCCC)[nH+]c(N2CCCCO2)n1. The van der Waals surface area contributed by atoms with E-state index in [1.165, 1.54) is 0 Å². The van der Waals surface area contributed by atoms with Crippen LogP contribution in [0.15, 0.2) is 0 Å². The third-order valence-corrected chi connectivity index (χ3v) is 2.97. The van der Waals surface area contributed by atoms with Crippen LogP contribution in [-0.2, 0) is 4.84 Å². The van der Waals surface area contributed by atoms with Gasteiger partial charge in [0.25, 0.3) is 0 Å². The number of nitrogens with zero attached hydrogens (tertiary/aromatic N) is 3. The van der Waals surface area contributed by atoms with E-state index in [-0.39, 0.29) is 0 Å². The molecular weight excluding hydrogens is 256 g/mol. The van der Waals surface area contributed by atoms with Crippen molar-refractivity contribution in [1.29, 1.82) is 0 Å². The Morgan fingerprint density at radius 1 is 1.15 bits per heavy atom. The Morgan fingerprint density at radius 2 is 1.95 bits per heavy atom. The van der Waals surface area contributed by atoms with E-state index in [1.54, 1.807) is 0 Å². The van der Waals surface area contributed by atoms with E-state index in [2.05, 4.69) is 39.4 Å². The molecule has 1 fully saturated rings. The van der Waals surface area contributed by atoms with Crippen molar-refractivity contribution in [3.63, 3.8) is 0 Å². The summed E-state index contributed by atoms with van der Waals surface area (Å²) >= 11 is 0. The molecule has 0 aromatic carbocycles. The monoisotopic (exact) mass is 281 g/mol. The predicted molar refractivity (Wildman–Crippen MR) is 78.7 cm³/mol. The maximum absolute atomic E-state index is 5.64. The van der Waals surface area contributed by atoms with Crippen molar-refractivity contribution >= 4 is 17.8 Å². The summed E-state index contributed by atoms with van der Waals surface area (Å²) in [5.74, 6) is 2.06. The van der Waals surface area contributed by atoms with Gasteiger partial charge in [0.2, 0.25) is 0 Å². The van der Waals surface area contributed by atoms with Gasteiger partial charge in [0.05, 0.1) is 13.2 Å². The highest BCUT2D eigenvalue weighted by Gasteiger charge is 2.22. The molecule has 1 aromatic rings. The molecule has 0 saturated carbocycles. The predicted octanol–water partition coefficient (Wildman–Crippen LogP) is 1.47. The van der Waals surface area contributed by atoms with Gasteiger partial charge in [-0.2, -0.15) is 5.06 Å². The topological polar surface area (TPSA) is 76.5 Å². The van der Waals surface area contributed by atoms with E-state index in [0.717, 1.165) is 57.9 Å². The van der Waals surface area contributed by atoms with Gasteiger partial charge in [0.1, 0.15) is 0 Å². The van der Waals surface area contributed by atoms with Crippen LogP contribution in [0.1, 0.15) is 39.5 Å². The molecule has 1 aliphatic heterocycles. The summed E-state index contributed by atoms with van der Waals surface area (Å²) in [5, 5.41) is 8.31. The summed E-state index contributed by atoms with van der Waals surface area (Å²) in [7, 11) is 0. The second-order valence-electron chi connectivity index (χ2n) is 4.84. The van der Waals surface area contributed by atoms with E-state index >= 15 is 0 Å². The molecule has 0 unspecified atom stereocenters. The van der Waals surface area contributed by atoms with Crippen molar-refractivity contribution in [3.8, 4) is 0 Å². The van der Waals surface area contributed by atoms with Crippen LogP contribution >= 0.6 is 0 Å². The highest BCUT2D eigenvalue weighted by atomic mass is 16.7. The van der Waals surface area contributed by atoms with Crippen LogP contribution in [0, 0.1) is 0 Å². The quantitative estimate of drug-likeness (QED) is 0.788. The zero-order valence-corrected chi connectivity index (χ0v) is 12.4. The highest BCUT2D eigenvalue weighted by Crippen LogP contribution is 2.14. The average molecular weight is 281 g/mol. The fraction of sp³-hybridized carbons (Fsp3) is 0.769. The molecule has 112 valence electrons. The first-order valence-corrected chi connectivity index (χ1v) is 7.53. The first-order valence-electron chi connectivity index (χ1n) is 7.53. The number of nitrogens with one attached hydrogen (secondary N) is 3. The van der Waals surface area contributed by atoms with Gasteiger partial charge >= 0.3 is 17.8 Å². The number of rotatable bonds is 7. The fourth-order valence-corrected chi connectivity index (χ4v) is 1.92. The van der Waals surface area contributed by atoms with Gasteiger partial charge in [-0.25, -0.2) is 9.82 Å². The summed E-state index contributed by atoms with van der Waals surface area (Å²) in [6.45, 7) is 7.58. The van der Waals surface area contributed by atoms with E-state index in [0.29, 0.717) is 11.9 Å². The normalized spacial score (nSPS) is 15.2.